The van der Waals surface area contributed by atoms with Crippen LogP contribution in [-0.2, 0) is 76.8 Å². The first kappa shape index (κ1) is 60.3. The number of carbonyl (C=O) groups excluding carboxylic acids is 7. The first-order valence-electron chi connectivity index (χ1n) is 22.9. The van der Waals surface area contributed by atoms with Crippen LogP contribution in [0.25, 0.3) is 0 Å². The van der Waals surface area contributed by atoms with Gasteiger partial charge in [-0.25, -0.2) is 4.79 Å². The minimum Gasteiger partial charge on any atom is -0.508 e. The van der Waals surface area contributed by atoms with Crippen molar-refractivity contribution in [2.75, 3.05) is 6.61 Å². The number of carboxylic acid groups (broad SMARTS) is 5. The zero-order chi connectivity index (χ0) is 55.8. The third kappa shape index (κ3) is 21.7. The fourth-order valence-corrected chi connectivity index (χ4v) is 7.03. The standard InChI is InChI=1S/C48H58N8O19/c49-29(19-25-7-3-1-4-8-25)41(67)52-34(22-39(63)64)45(71)54-32(20-26-9-5-2-6-10-26)44(70)55-35(23-40(65)66)46(72)56-36(24-57)47(73)50-30(15-17-37(59)60)42(68)53-33(21-27-11-13-28(58)14-12-27)43(69)51-31(48(74)75)16-18-38(61)62/h1-14,29-36,57-58H,15-24,49H2,(H,50,73)(H,51,69)(H,52,67)(H,53,68)(H,54,71)(H,55,70)(H,56,72)(H,59,60)(H,61,62)(H,63,64)(H,65,66)(H,74,75)/t29-,30-,31+,32-,33-,34-,35+,36-/m0/s1. The Morgan fingerprint density at radius 3 is 1.15 bits per heavy atom. The fraction of sp³-hybridized carbons (Fsp3) is 0.375. The van der Waals surface area contributed by atoms with Gasteiger partial charge in [0.15, 0.2) is 0 Å². The molecule has 16 N–H and O–H groups in total. The SMILES string of the molecule is N[C@@H](Cc1ccccc1)C(=O)N[C@@H](CC(=O)O)C(=O)N[C@@H](Cc1ccccc1)C(=O)N[C@H](CC(=O)O)C(=O)N[C@@H](CO)C(=O)N[C@@H](CCC(=O)O)C(=O)N[C@@H](Cc1ccc(O)cc1)C(=O)N[C@H](CCC(=O)O)C(=O)O. The van der Waals surface area contributed by atoms with Crippen molar-refractivity contribution < 1.29 is 93.3 Å². The van der Waals surface area contributed by atoms with Crippen LogP contribution >= 0.6 is 0 Å². The van der Waals surface area contributed by atoms with Gasteiger partial charge < -0.3 is 78.7 Å². The molecule has 3 aromatic rings. The summed E-state index contributed by atoms with van der Waals surface area (Å²) in [6.45, 7) is -1.27. The smallest absolute Gasteiger partial charge is 0.326 e. The highest BCUT2D eigenvalue weighted by atomic mass is 16.4. The van der Waals surface area contributed by atoms with Crippen LogP contribution in [0.1, 0.15) is 55.2 Å². The number of aliphatic hydroxyl groups excluding tert-OH is 1. The molecule has 0 spiro atoms. The second-order valence-electron chi connectivity index (χ2n) is 16.9. The number of amides is 7. The molecule has 0 saturated heterocycles. The maximum absolute atomic E-state index is 14.0. The summed E-state index contributed by atoms with van der Waals surface area (Å²) in [6, 6.07) is 7.16. The molecule has 75 heavy (non-hydrogen) atoms. The number of hydrogen-bond acceptors (Lipinski definition) is 15. The van der Waals surface area contributed by atoms with E-state index < -0.39 is 171 Å². The maximum atomic E-state index is 14.0. The summed E-state index contributed by atoms with van der Waals surface area (Å²) in [7, 11) is 0. The third-order valence-electron chi connectivity index (χ3n) is 10.9. The first-order chi connectivity index (χ1) is 35.4. The number of aliphatic hydroxyl groups is 1. The average Bonchev–Trinajstić information content (AvgIpc) is 3.35. The highest BCUT2D eigenvalue weighted by molar-refractivity contribution is 5.99. The number of carbonyl (C=O) groups is 12. The van der Waals surface area contributed by atoms with Crippen molar-refractivity contribution in [2.45, 2.75) is 106 Å². The van der Waals surface area contributed by atoms with E-state index in [2.05, 4.69) is 31.9 Å². The van der Waals surface area contributed by atoms with Crippen LogP contribution in [0.4, 0.5) is 0 Å². The number of benzene rings is 3. The van der Waals surface area contributed by atoms with Crippen molar-refractivity contribution in [3.63, 3.8) is 0 Å². The molecule has 7 amide bonds. The predicted octanol–water partition coefficient (Wildman–Crippen LogP) is -3.10. The summed E-state index contributed by atoms with van der Waals surface area (Å²) >= 11 is 0. The van der Waals surface area contributed by atoms with Crippen LogP contribution in [-0.4, -0.2) is 162 Å². The normalized spacial score (nSPS) is 14.0. The van der Waals surface area contributed by atoms with Crippen LogP contribution < -0.4 is 43.0 Å². The molecule has 0 bridgehead atoms. The summed E-state index contributed by atoms with van der Waals surface area (Å²) in [6.07, 6.45) is -5.70. The Labute approximate surface area is 426 Å². The van der Waals surface area contributed by atoms with E-state index in [0.29, 0.717) is 11.1 Å². The zero-order valence-corrected chi connectivity index (χ0v) is 39.9. The topological polar surface area (TPSA) is 457 Å². The van der Waals surface area contributed by atoms with Crippen LogP contribution in [0.2, 0.25) is 0 Å². The molecule has 0 saturated carbocycles. The van der Waals surface area contributed by atoms with E-state index in [-0.39, 0.29) is 24.2 Å². The number of aliphatic carboxylic acids is 5. The van der Waals surface area contributed by atoms with Crippen molar-refractivity contribution in [3.8, 4) is 5.75 Å². The Morgan fingerprint density at radius 1 is 0.387 bits per heavy atom. The number of carboxylic acids is 5. The summed E-state index contributed by atoms with van der Waals surface area (Å²) in [5, 5.41) is 82.8. The van der Waals surface area contributed by atoms with Crippen molar-refractivity contribution in [3.05, 3.63) is 102 Å². The lowest BCUT2D eigenvalue weighted by Crippen LogP contribution is -2.61. The van der Waals surface area contributed by atoms with E-state index in [4.69, 9.17) is 10.8 Å². The Balaban J connectivity index is 1.87. The molecule has 0 unspecified atom stereocenters. The van der Waals surface area contributed by atoms with Gasteiger partial charge in [0, 0.05) is 25.7 Å². The molecule has 0 aromatic heterocycles. The summed E-state index contributed by atoms with van der Waals surface area (Å²) in [5.41, 5.74) is 7.37. The average molecular weight is 1050 g/mol. The molecule has 0 heterocycles. The minimum absolute atomic E-state index is 0.000921. The second-order valence-corrected chi connectivity index (χ2v) is 16.9. The quantitative estimate of drug-likeness (QED) is 0.0294. The maximum Gasteiger partial charge on any atom is 0.326 e. The van der Waals surface area contributed by atoms with E-state index in [1.54, 1.807) is 48.5 Å². The largest absolute Gasteiger partial charge is 0.508 e. The lowest BCUT2D eigenvalue weighted by atomic mass is 10.0. The number of hydrogen-bond donors (Lipinski definition) is 15. The molecular formula is C48H58N8O19. The van der Waals surface area contributed by atoms with Gasteiger partial charge >= 0.3 is 29.8 Å². The van der Waals surface area contributed by atoms with Gasteiger partial charge in [-0.05, 0) is 48.1 Å². The van der Waals surface area contributed by atoms with E-state index in [1.165, 1.54) is 36.4 Å². The molecular weight excluding hydrogens is 993 g/mol. The van der Waals surface area contributed by atoms with Gasteiger partial charge in [0.05, 0.1) is 25.5 Å². The summed E-state index contributed by atoms with van der Waals surface area (Å²) in [5.74, 6) is -16.5. The molecule has 0 aliphatic carbocycles. The lowest BCUT2D eigenvalue weighted by Gasteiger charge is -2.27. The highest BCUT2D eigenvalue weighted by Crippen LogP contribution is 2.14. The number of nitrogens with two attached hydrogens (primary N) is 1. The number of phenolic OH excluding ortho intramolecular Hbond substituents is 1. The molecule has 0 aliphatic rings. The van der Waals surface area contributed by atoms with Crippen LogP contribution in [0.15, 0.2) is 84.9 Å². The Hall–Kier alpha value is -8.98. The Bertz CT molecular complexity index is 2510. The van der Waals surface area contributed by atoms with Gasteiger partial charge in [-0.3, -0.25) is 52.7 Å². The van der Waals surface area contributed by atoms with E-state index >= 15 is 0 Å². The van der Waals surface area contributed by atoms with Crippen molar-refractivity contribution >= 4 is 71.2 Å². The van der Waals surface area contributed by atoms with Gasteiger partial charge in [-0.2, -0.15) is 0 Å². The molecule has 27 nitrogen and oxygen atoms in total. The van der Waals surface area contributed by atoms with Gasteiger partial charge in [0.2, 0.25) is 41.4 Å². The first-order valence-corrected chi connectivity index (χ1v) is 22.9. The molecule has 3 rings (SSSR count). The Kier molecular flexibility index (Phi) is 24.2. The number of nitrogens with one attached hydrogen (secondary N) is 7. The van der Waals surface area contributed by atoms with Gasteiger partial charge in [-0.1, -0.05) is 72.8 Å². The van der Waals surface area contributed by atoms with Gasteiger partial charge in [0.25, 0.3) is 0 Å². The van der Waals surface area contributed by atoms with E-state index in [1.807, 2.05) is 5.32 Å². The zero-order valence-electron chi connectivity index (χ0n) is 39.9. The molecule has 0 aliphatic heterocycles. The highest BCUT2D eigenvalue weighted by Gasteiger charge is 2.36. The van der Waals surface area contributed by atoms with E-state index in [9.17, 15) is 88.2 Å². The molecule has 8 atom stereocenters. The van der Waals surface area contributed by atoms with Crippen molar-refractivity contribution in [2.24, 2.45) is 5.73 Å². The number of phenols is 1. The molecule has 27 heteroatoms. The second kappa shape index (κ2) is 30.1. The number of rotatable bonds is 32. The molecule has 0 fully saturated rings. The van der Waals surface area contributed by atoms with Gasteiger partial charge in [0.1, 0.15) is 48.0 Å². The summed E-state index contributed by atoms with van der Waals surface area (Å²) in [4.78, 5) is 154. The monoisotopic (exact) mass is 1050 g/mol. The molecule has 3 aromatic carbocycles. The predicted molar refractivity (Wildman–Crippen MR) is 257 cm³/mol. The third-order valence-corrected chi connectivity index (χ3v) is 10.9. The number of aromatic hydroxyl groups is 1. The van der Waals surface area contributed by atoms with Gasteiger partial charge in [-0.15, -0.1) is 0 Å². The van der Waals surface area contributed by atoms with E-state index in [0.717, 1.165) is 0 Å². The molecule has 404 valence electrons. The fourth-order valence-electron chi connectivity index (χ4n) is 7.03. The van der Waals surface area contributed by atoms with Crippen LogP contribution in [0, 0.1) is 0 Å². The Morgan fingerprint density at radius 2 is 0.720 bits per heavy atom. The van der Waals surface area contributed by atoms with Crippen molar-refractivity contribution in [1.82, 2.24) is 37.2 Å². The van der Waals surface area contributed by atoms with Crippen molar-refractivity contribution in [1.29, 1.82) is 0 Å². The minimum atomic E-state index is -2.09. The lowest BCUT2D eigenvalue weighted by molar-refractivity contribution is -0.144. The van der Waals surface area contributed by atoms with Crippen LogP contribution in [0.3, 0.4) is 0 Å². The molecule has 0 radical (unpaired) electrons. The van der Waals surface area contributed by atoms with Crippen LogP contribution in [0.5, 0.6) is 5.75 Å². The summed E-state index contributed by atoms with van der Waals surface area (Å²) < 4.78 is 0.